The molecule has 0 spiro atoms. The van der Waals surface area contributed by atoms with Crippen molar-refractivity contribution in [2.24, 2.45) is 11.0 Å². The Morgan fingerprint density at radius 1 is 1.11 bits per heavy atom. The first-order chi connectivity index (χ1) is 17.9. The molecule has 0 amide bonds. The van der Waals surface area contributed by atoms with Crippen molar-refractivity contribution in [3.8, 4) is 11.5 Å². The number of rotatable bonds is 7. The van der Waals surface area contributed by atoms with Gasteiger partial charge in [-0.05, 0) is 55.9 Å². The number of aromatic nitrogens is 3. The van der Waals surface area contributed by atoms with Crippen LogP contribution in [0.4, 0.5) is 29.2 Å². The molecule has 0 radical (unpaired) electrons. The highest BCUT2D eigenvalue weighted by Crippen LogP contribution is 2.37. The number of nitro groups is 1. The Morgan fingerprint density at radius 2 is 1.84 bits per heavy atom. The number of hydrogen-bond acceptors (Lipinski definition) is 11. The standard InChI is InChI=1S/C25H28N8O4/c1-15-7-9-32(10-8-15)25-29-23(27-19-6-4-5-16(2)17(19)3)28-24(30-25)31-26-13-18-11-21-22(37-14-36-21)12-20(18)33(34)35/h4-6,11-13,15H,7-10,14H2,1-3H3,(H2,27,28,29,30,31)/b26-13+. The van der Waals surface area contributed by atoms with E-state index in [0.29, 0.717) is 29.3 Å². The number of nitrogens with zero attached hydrogens (tertiary/aromatic N) is 6. The summed E-state index contributed by atoms with van der Waals surface area (Å²) >= 11 is 0. The summed E-state index contributed by atoms with van der Waals surface area (Å²) in [6.07, 6.45) is 3.45. The van der Waals surface area contributed by atoms with Crippen LogP contribution in [0.2, 0.25) is 0 Å². The van der Waals surface area contributed by atoms with Crippen LogP contribution in [0.15, 0.2) is 35.4 Å². The fraction of sp³-hybridized carbons (Fsp3) is 0.360. The molecule has 2 N–H and O–H groups in total. The number of nitro benzene ring substituents is 1. The van der Waals surface area contributed by atoms with Crippen LogP contribution in [0.5, 0.6) is 11.5 Å². The summed E-state index contributed by atoms with van der Waals surface area (Å²) in [6, 6.07) is 8.84. The predicted molar refractivity (Wildman–Crippen MR) is 140 cm³/mol. The molecule has 12 nitrogen and oxygen atoms in total. The van der Waals surface area contributed by atoms with Gasteiger partial charge in [0, 0.05) is 18.8 Å². The van der Waals surface area contributed by atoms with Gasteiger partial charge in [-0.15, -0.1) is 0 Å². The Kier molecular flexibility index (Phi) is 6.71. The van der Waals surface area contributed by atoms with Crippen LogP contribution in [-0.4, -0.2) is 46.0 Å². The molecule has 0 saturated carbocycles. The number of aryl methyl sites for hydroxylation is 1. The Labute approximate surface area is 213 Å². The highest BCUT2D eigenvalue weighted by Gasteiger charge is 2.23. The van der Waals surface area contributed by atoms with Gasteiger partial charge < -0.3 is 19.7 Å². The van der Waals surface area contributed by atoms with E-state index in [-0.39, 0.29) is 24.0 Å². The topological polar surface area (TPSA) is 140 Å². The number of hydrogen-bond donors (Lipinski definition) is 2. The molecule has 3 heterocycles. The Balaban J connectivity index is 1.43. The van der Waals surface area contributed by atoms with E-state index in [0.717, 1.165) is 42.7 Å². The molecule has 3 aromatic rings. The van der Waals surface area contributed by atoms with Crippen LogP contribution in [0, 0.1) is 29.9 Å². The van der Waals surface area contributed by atoms with Crippen molar-refractivity contribution in [3.05, 3.63) is 57.1 Å². The van der Waals surface area contributed by atoms with Gasteiger partial charge in [0.05, 0.1) is 22.8 Å². The van der Waals surface area contributed by atoms with Crippen LogP contribution >= 0.6 is 0 Å². The number of fused-ring (bicyclic) bond motifs is 1. The van der Waals surface area contributed by atoms with Crippen molar-refractivity contribution in [3.63, 3.8) is 0 Å². The van der Waals surface area contributed by atoms with Crippen LogP contribution in [0.3, 0.4) is 0 Å². The van der Waals surface area contributed by atoms with Crippen LogP contribution in [0.1, 0.15) is 36.5 Å². The van der Waals surface area contributed by atoms with E-state index in [1.165, 1.54) is 18.3 Å². The molecular weight excluding hydrogens is 476 g/mol. The van der Waals surface area contributed by atoms with Gasteiger partial charge in [-0.25, -0.2) is 5.43 Å². The van der Waals surface area contributed by atoms with Crippen molar-refractivity contribution in [2.75, 3.05) is 35.5 Å². The summed E-state index contributed by atoms with van der Waals surface area (Å²) in [6.45, 7) is 8.04. The second-order valence-electron chi connectivity index (χ2n) is 9.22. The molecule has 0 bridgehead atoms. The van der Waals surface area contributed by atoms with Gasteiger partial charge in [-0.2, -0.15) is 20.1 Å². The highest BCUT2D eigenvalue weighted by molar-refractivity contribution is 5.87. The first-order valence-electron chi connectivity index (χ1n) is 12.1. The summed E-state index contributed by atoms with van der Waals surface area (Å²) in [5, 5.41) is 19.0. The Bertz CT molecular complexity index is 1350. The minimum absolute atomic E-state index is 0.0183. The first kappa shape index (κ1) is 24.2. The Hall–Kier alpha value is -4.48. The Morgan fingerprint density at radius 3 is 2.59 bits per heavy atom. The summed E-state index contributed by atoms with van der Waals surface area (Å²) in [7, 11) is 0. The van der Waals surface area contributed by atoms with E-state index in [4.69, 9.17) is 9.47 Å². The number of nitrogens with one attached hydrogen (secondary N) is 2. The van der Waals surface area contributed by atoms with E-state index in [1.807, 2.05) is 32.0 Å². The molecule has 2 aromatic carbocycles. The third-order valence-electron chi connectivity index (χ3n) is 6.63. The van der Waals surface area contributed by atoms with E-state index in [2.05, 4.69) is 42.6 Å². The van der Waals surface area contributed by atoms with Crippen molar-refractivity contribution in [1.29, 1.82) is 0 Å². The van der Waals surface area contributed by atoms with E-state index < -0.39 is 4.92 Å². The lowest BCUT2D eigenvalue weighted by Gasteiger charge is -2.30. The minimum atomic E-state index is -0.492. The zero-order chi connectivity index (χ0) is 25.9. The number of benzene rings is 2. The monoisotopic (exact) mass is 504 g/mol. The second kappa shape index (κ2) is 10.2. The highest BCUT2D eigenvalue weighted by atomic mass is 16.7. The molecule has 0 atom stereocenters. The molecule has 12 heteroatoms. The minimum Gasteiger partial charge on any atom is -0.454 e. The van der Waals surface area contributed by atoms with Crippen LogP contribution in [0.25, 0.3) is 0 Å². The number of hydrazone groups is 1. The fourth-order valence-electron chi connectivity index (χ4n) is 4.20. The third kappa shape index (κ3) is 5.37. The van der Waals surface area contributed by atoms with E-state index >= 15 is 0 Å². The van der Waals surface area contributed by atoms with Gasteiger partial charge in [0.25, 0.3) is 5.69 Å². The van der Waals surface area contributed by atoms with Crippen LogP contribution in [-0.2, 0) is 0 Å². The van der Waals surface area contributed by atoms with Crippen molar-refractivity contribution in [2.45, 2.75) is 33.6 Å². The lowest BCUT2D eigenvalue weighted by molar-refractivity contribution is -0.385. The number of piperidine rings is 1. The number of ether oxygens (including phenoxy) is 2. The van der Waals surface area contributed by atoms with Gasteiger partial charge in [0.1, 0.15) is 0 Å². The lowest BCUT2D eigenvalue weighted by Crippen LogP contribution is -2.34. The molecule has 0 aliphatic carbocycles. The lowest BCUT2D eigenvalue weighted by atomic mass is 10.00. The second-order valence-corrected chi connectivity index (χ2v) is 9.22. The smallest absolute Gasteiger partial charge is 0.282 e. The molecule has 2 aliphatic heterocycles. The van der Waals surface area contributed by atoms with Gasteiger partial charge in [0.15, 0.2) is 11.5 Å². The molecule has 1 saturated heterocycles. The largest absolute Gasteiger partial charge is 0.454 e. The summed E-state index contributed by atoms with van der Waals surface area (Å²) in [5.74, 6) is 2.55. The van der Waals surface area contributed by atoms with E-state index in [1.54, 1.807) is 0 Å². The molecule has 2 aliphatic rings. The van der Waals surface area contributed by atoms with Crippen molar-refractivity contribution >= 4 is 35.4 Å². The maximum atomic E-state index is 11.5. The van der Waals surface area contributed by atoms with Crippen molar-refractivity contribution in [1.82, 2.24) is 15.0 Å². The first-order valence-corrected chi connectivity index (χ1v) is 12.1. The fourth-order valence-corrected chi connectivity index (χ4v) is 4.20. The molecule has 1 aromatic heterocycles. The zero-order valence-corrected chi connectivity index (χ0v) is 20.9. The average molecular weight is 505 g/mol. The van der Waals surface area contributed by atoms with E-state index in [9.17, 15) is 10.1 Å². The molecule has 5 rings (SSSR count). The molecule has 0 unspecified atom stereocenters. The quantitative estimate of drug-likeness (QED) is 0.267. The summed E-state index contributed by atoms with van der Waals surface area (Å²) < 4.78 is 10.6. The van der Waals surface area contributed by atoms with Gasteiger partial charge in [0.2, 0.25) is 24.6 Å². The third-order valence-corrected chi connectivity index (χ3v) is 6.63. The maximum absolute atomic E-state index is 11.5. The van der Waals surface area contributed by atoms with Gasteiger partial charge >= 0.3 is 0 Å². The number of anilines is 4. The average Bonchev–Trinajstić information content (AvgIpc) is 3.34. The summed E-state index contributed by atoms with van der Waals surface area (Å²) in [4.78, 5) is 26.9. The molecular formula is C25H28N8O4. The molecule has 1 fully saturated rings. The van der Waals surface area contributed by atoms with Gasteiger partial charge in [-0.1, -0.05) is 19.1 Å². The van der Waals surface area contributed by atoms with Crippen molar-refractivity contribution < 1.29 is 14.4 Å². The van der Waals surface area contributed by atoms with Crippen LogP contribution < -0.4 is 25.1 Å². The maximum Gasteiger partial charge on any atom is 0.282 e. The SMILES string of the molecule is Cc1cccc(Nc2nc(N/N=C/c3cc4c(cc3[N+](=O)[O-])OCO4)nc(N3CCC(C)CC3)n2)c1C. The van der Waals surface area contributed by atoms with Gasteiger partial charge in [-0.3, -0.25) is 10.1 Å². The summed E-state index contributed by atoms with van der Waals surface area (Å²) in [5.41, 5.74) is 6.07. The molecule has 37 heavy (non-hydrogen) atoms. The predicted octanol–water partition coefficient (Wildman–Crippen LogP) is 4.55. The zero-order valence-electron chi connectivity index (χ0n) is 20.9. The normalized spacial score (nSPS) is 15.3. The molecule has 192 valence electrons.